The fourth-order valence-electron chi connectivity index (χ4n) is 2.97. The van der Waals surface area contributed by atoms with Gasteiger partial charge < -0.3 is 5.32 Å². The van der Waals surface area contributed by atoms with Crippen molar-refractivity contribution < 1.29 is 9.63 Å². The minimum atomic E-state index is -0.773. The molecule has 3 aromatic rings. The Morgan fingerprint density at radius 1 is 1.03 bits per heavy atom. The summed E-state index contributed by atoms with van der Waals surface area (Å²) in [5.74, 6) is -0.318. The van der Waals surface area contributed by atoms with Crippen molar-refractivity contribution in [2.45, 2.75) is 12.1 Å². The molecule has 0 spiro atoms. The lowest BCUT2D eigenvalue weighted by molar-refractivity contribution is -0.125. The molecule has 2 N–H and O–H groups in total. The highest BCUT2D eigenvalue weighted by Crippen LogP contribution is 2.26. The van der Waals surface area contributed by atoms with Crippen LogP contribution in [0.5, 0.6) is 0 Å². The number of aromatic nitrogens is 2. The second-order valence-electron chi connectivity index (χ2n) is 6.37. The van der Waals surface area contributed by atoms with Gasteiger partial charge in [0.15, 0.2) is 6.10 Å². The molecule has 0 bridgehead atoms. The Labute approximate surface area is 166 Å². The van der Waals surface area contributed by atoms with Gasteiger partial charge in [-0.3, -0.25) is 25.1 Å². The number of amides is 1. The van der Waals surface area contributed by atoms with Gasteiger partial charge in [-0.05, 0) is 42.0 Å². The maximum atomic E-state index is 12.5. The van der Waals surface area contributed by atoms with E-state index in [0.29, 0.717) is 22.5 Å². The number of rotatable bonds is 6. The molecular formula is C21H17N5O3. The molecule has 8 heteroatoms. The molecule has 0 fully saturated rings. The summed E-state index contributed by atoms with van der Waals surface area (Å²) < 4.78 is 0. The predicted octanol–water partition coefficient (Wildman–Crippen LogP) is 3.22. The first-order valence-corrected chi connectivity index (χ1v) is 8.91. The van der Waals surface area contributed by atoms with Gasteiger partial charge in [0.05, 0.1) is 5.70 Å². The van der Waals surface area contributed by atoms with E-state index < -0.39 is 12.1 Å². The van der Waals surface area contributed by atoms with Gasteiger partial charge in [-0.15, -0.1) is 4.91 Å². The SMILES string of the molecule is O=NC(c1ccc(NC(=O)C2C=C(c3cccnc3)NO2)cc1)c1cccnc1. The third-order valence-electron chi connectivity index (χ3n) is 4.44. The molecule has 144 valence electrons. The van der Waals surface area contributed by atoms with Crippen molar-refractivity contribution >= 4 is 17.3 Å². The highest BCUT2D eigenvalue weighted by molar-refractivity contribution is 5.97. The molecule has 3 heterocycles. The van der Waals surface area contributed by atoms with Crippen molar-refractivity contribution in [2.24, 2.45) is 5.18 Å². The molecule has 4 rings (SSSR count). The number of benzene rings is 1. The van der Waals surface area contributed by atoms with E-state index in [-0.39, 0.29) is 5.91 Å². The number of nitrogens with one attached hydrogen (secondary N) is 2. The normalized spacial score (nSPS) is 16.4. The highest BCUT2D eigenvalue weighted by atomic mass is 16.7. The Hall–Kier alpha value is -3.91. The second-order valence-corrected chi connectivity index (χ2v) is 6.37. The molecule has 0 saturated heterocycles. The lowest BCUT2D eigenvalue weighted by Crippen LogP contribution is -2.28. The van der Waals surface area contributed by atoms with Crippen LogP contribution in [0, 0.1) is 4.91 Å². The molecule has 0 radical (unpaired) electrons. The van der Waals surface area contributed by atoms with Crippen molar-refractivity contribution in [1.82, 2.24) is 15.4 Å². The Balaban J connectivity index is 1.43. The van der Waals surface area contributed by atoms with Crippen molar-refractivity contribution in [1.29, 1.82) is 0 Å². The third-order valence-corrected chi connectivity index (χ3v) is 4.44. The number of anilines is 1. The molecule has 1 amide bonds. The maximum Gasteiger partial charge on any atom is 0.260 e. The van der Waals surface area contributed by atoms with Gasteiger partial charge in [-0.1, -0.05) is 23.4 Å². The van der Waals surface area contributed by atoms with E-state index >= 15 is 0 Å². The number of nitroso groups, excluding NO2 is 1. The molecular weight excluding hydrogens is 370 g/mol. The Bertz CT molecular complexity index is 1020. The van der Waals surface area contributed by atoms with Gasteiger partial charge in [-0.25, -0.2) is 0 Å². The van der Waals surface area contributed by atoms with Gasteiger partial charge in [0.2, 0.25) is 0 Å². The summed E-state index contributed by atoms with van der Waals surface area (Å²) in [6.45, 7) is 0. The summed E-state index contributed by atoms with van der Waals surface area (Å²) >= 11 is 0. The van der Waals surface area contributed by atoms with Crippen LogP contribution < -0.4 is 10.8 Å². The summed E-state index contributed by atoms with van der Waals surface area (Å²) in [6.07, 6.45) is 7.52. The van der Waals surface area contributed by atoms with Gasteiger partial charge in [-0.2, -0.15) is 0 Å². The van der Waals surface area contributed by atoms with Crippen LogP contribution >= 0.6 is 0 Å². The Morgan fingerprint density at radius 3 is 2.45 bits per heavy atom. The van der Waals surface area contributed by atoms with Crippen molar-refractivity contribution in [3.8, 4) is 0 Å². The predicted molar refractivity (Wildman–Crippen MR) is 107 cm³/mol. The minimum absolute atomic E-state index is 0.318. The molecule has 2 atom stereocenters. The number of nitrogens with zero attached hydrogens (tertiary/aromatic N) is 3. The van der Waals surface area contributed by atoms with E-state index in [1.807, 2.05) is 6.07 Å². The smallest absolute Gasteiger partial charge is 0.260 e. The Morgan fingerprint density at radius 2 is 1.79 bits per heavy atom. The molecule has 0 saturated carbocycles. The average Bonchev–Trinajstić information content (AvgIpc) is 3.27. The van der Waals surface area contributed by atoms with Gasteiger partial charge in [0, 0.05) is 41.6 Å². The van der Waals surface area contributed by atoms with Crippen LogP contribution in [0.2, 0.25) is 0 Å². The number of hydrogen-bond acceptors (Lipinski definition) is 7. The van der Waals surface area contributed by atoms with Crippen molar-refractivity contribution in [3.05, 3.63) is 101 Å². The topological polar surface area (TPSA) is 106 Å². The van der Waals surface area contributed by atoms with E-state index in [1.165, 1.54) is 0 Å². The van der Waals surface area contributed by atoms with E-state index in [1.54, 1.807) is 73.3 Å². The molecule has 0 aliphatic carbocycles. The lowest BCUT2D eigenvalue weighted by Gasteiger charge is -2.12. The van der Waals surface area contributed by atoms with Crippen LogP contribution in [0.3, 0.4) is 0 Å². The average molecular weight is 387 g/mol. The summed E-state index contributed by atoms with van der Waals surface area (Å²) in [5.41, 5.74) is 6.26. The highest BCUT2D eigenvalue weighted by Gasteiger charge is 2.25. The largest absolute Gasteiger partial charge is 0.323 e. The van der Waals surface area contributed by atoms with Gasteiger partial charge >= 0.3 is 0 Å². The summed E-state index contributed by atoms with van der Waals surface area (Å²) in [6, 6.07) is 13.5. The third kappa shape index (κ3) is 4.17. The van der Waals surface area contributed by atoms with E-state index in [9.17, 15) is 9.70 Å². The fraction of sp³-hybridized carbons (Fsp3) is 0.0952. The van der Waals surface area contributed by atoms with Crippen molar-refractivity contribution in [3.63, 3.8) is 0 Å². The molecule has 2 unspecified atom stereocenters. The minimum Gasteiger partial charge on any atom is -0.323 e. The van der Waals surface area contributed by atoms with Crippen LogP contribution in [0.4, 0.5) is 5.69 Å². The van der Waals surface area contributed by atoms with Crippen molar-refractivity contribution in [2.75, 3.05) is 5.32 Å². The first-order chi connectivity index (χ1) is 14.2. The van der Waals surface area contributed by atoms with E-state index in [0.717, 1.165) is 5.56 Å². The van der Waals surface area contributed by atoms with Crippen LogP contribution in [0.15, 0.2) is 84.6 Å². The molecule has 8 nitrogen and oxygen atoms in total. The number of hydroxylamine groups is 1. The molecule has 29 heavy (non-hydrogen) atoms. The molecule has 2 aromatic heterocycles. The van der Waals surface area contributed by atoms with Crippen LogP contribution in [0.1, 0.15) is 22.7 Å². The quantitative estimate of drug-likeness (QED) is 0.629. The summed E-state index contributed by atoms with van der Waals surface area (Å²) in [7, 11) is 0. The number of carbonyl (C=O) groups excluding carboxylic acids is 1. The van der Waals surface area contributed by atoms with E-state index in [4.69, 9.17) is 4.84 Å². The Kier molecular flexibility index (Phi) is 5.35. The zero-order valence-electron chi connectivity index (χ0n) is 15.2. The zero-order valence-corrected chi connectivity index (χ0v) is 15.2. The van der Waals surface area contributed by atoms with Crippen LogP contribution in [0.25, 0.3) is 5.70 Å². The second kappa shape index (κ2) is 8.41. The monoisotopic (exact) mass is 387 g/mol. The first-order valence-electron chi connectivity index (χ1n) is 8.91. The van der Waals surface area contributed by atoms with Gasteiger partial charge in [0.25, 0.3) is 5.91 Å². The number of pyridine rings is 2. The standard InChI is InChI=1S/C21H17N5O3/c27-21(19-11-18(26-29-19)15-3-1-9-22-12-15)24-17-7-5-14(6-8-17)20(25-28)16-4-2-10-23-13-16/h1-13,19-20,26H,(H,24,27). The molecule has 1 aromatic carbocycles. The summed E-state index contributed by atoms with van der Waals surface area (Å²) in [5, 5.41) is 6.00. The maximum absolute atomic E-state index is 12.5. The van der Waals surface area contributed by atoms with E-state index in [2.05, 4.69) is 25.9 Å². The zero-order chi connectivity index (χ0) is 20.1. The summed E-state index contributed by atoms with van der Waals surface area (Å²) in [4.78, 5) is 37.2. The number of hydrogen-bond donors (Lipinski definition) is 2. The molecule has 1 aliphatic heterocycles. The fourth-order valence-corrected chi connectivity index (χ4v) is 2.97. The van der Waals surface area contributed by atoms with Crippen LogP contribution in [-0.2, 0) is 9.63 Å². The van der Waals surface area contributed by atoms with Crippen LogP contribution in [-0.4, -0.2) is 22.0 Å². The number of carbonyl (C=O) groups is 1. The molecule has 1 aliphatic rings. The first kappa shape index (κ1) is 18.5. The van der Waals surface area contributed by atoms with Gasteiger partial charge in [0.1, 0.15) is 6.04 Å². The lowest BCUT2D eigenvalue weighted by atomic mass is 10.0.